The first-order valence-electron chi connectivity index (χ1n) is 7.87. The Balaban J connectivity index is 1.74. The van der Waals surface area contributed by atoms with Crippen LogP contribution in [0.1, 0.15) is 15.2 Å². The van der Waals surface area contributed by atoms with E-state index in [0.717, 1.165) is 10.4 Å². The van der Waals surface area contributed by atoms with Crippen molar-refractivity contribution in [3.05, 3.63) is 63.7 Å². The minimum Gasteiger partial charge on any atom is -0.347 e. The molecule has 0 aliphatic heterocycles. The van der Waals surface area contributed by atoms with E-state index in [1.807, 2.05) is 23.6 Å². The summed E-state index contributed by atoms with van der Waals surface area (Å²) in [5, 5.41) is 10.3. The molecular weight excluding hydrogens is 370 g/mol. The van der Waals surface area contributed by atoms with Gasteiger partial charge in [0.25, 0.3) is 5.91 Å². The monoisotopic (exact) mass is 383 g/mol. The average molecular weight is 384 g/mol. The Hall–Kier alpha value is -2.77. The molecule has 1 N–H and O–H groups in total. The predicted octanol–water partition coefficient (Wildman–Crippen LogP) is 3.68. The van der Waals surface area contributed by atoms with Crippen LogP contribution >= 0.6 is 22.9 Å². The minimum absolute atomic E-state index is 0.165. The first kappa shape index (κ1) is 16.7. The molecule has 26 heavy (non-hydrogen) atoms. The fraction of sp³-hybridized carbons (Fsp3) is 0.111. The second-order valence-corrected chi connectivity index (χ2v) is 7.11. The second-order valence-electron chi connectivity index (χ2n) is 5.69. The van der Waals surface area contributed by atoms with Crippen molar-refractivity contribution in [3.8, 4) is 11.3 Å². The van der Waals surface area contributed by atoms with Gasteiger partial charge in [0.15, 0.2) is 5.65 Å². The van der Waals surface area contributed by atoms with Gasteiger partial charge in [0.2, 0.25) is 0 Å². The number of carbonyl (C=O) groups is 1. The highest BCUT2D eigenvalue weighted by molar-refractivity contribution is 7.09. The van der Waals surface area contributed by atoms with Gasteiger partial charge >= 0.3 is 0 Å². The zero-order valence-corrected chi connectivity index (χ0v) is 15.4. The van der Waals surface area contributed by atoms with Crippen LogP contribution in [-0.2, 0) is 13.6 Å². The van der Waals surface area contributed by atoms with Crippen LogP contribution < -0.4 is 5.32 Å². The van der Waals surface area contributed by atoms with Crippen LogP contribution in [0.15, 0.2) is 48.1 Å². The van der Waals surface area contributed by atoms with E-state index >= 15 is 0 Å². The quantitative estimate of drug-likeness (QED) is 0.546. The third-order valence-corrected chi connectivity index (χ3v) is 5.08. The van der Waals surface area contributed by atoms with Crippen molar-refractivity contribution in [2.45, 2.75) is 6.54 Å². The van der Waals surface area contributed by atoms with E-state index in [4.69, 9.17) is 11.6 Å². The minimum atomic E-state index is -0.165. The standard InChI is InChI=1S/C18H14ClN5OS/c1-24-17-14(10-22-24)13(18(25)21-9-12-3-2-6-26-12)7-15(23-17)11-4-5-16(19)20-8-11/h2-8,10H,9H2,1H3,(H,21,25). The van der Waals surface area contributed by atoms with Gasteiger partial charge in [-0.1, -0.05) is 17.7 Å². The summed E-state index contributed by atoms with van der Waals surface area (Å²) in [5.74, 6) is -0.165. The molecule has 0 spiro atoms. The molecule has 0 radical (unpaired) electrons. The van der Waals surface area contributed by atoms with Crippen molar-refractivity contribution in [2.24, 2.45) is 7.05 Å². The molecule has 0 unspecified atom stereocenters. The lowest BCUT2D eigenvalue weighted by molar-refractivity contribution is 0.0953. The molecule has 0 saturated heterocycles. The van der Waals surface area contributed by atoms with Gasteiger partial charge < -0.3 is 5.32 Å². The summed E-state index contributed by atoms with van der Waals surface area (Å²) in [7, 11) is 1.80. The van der Waals surface area contributed by atoms with Crippen LogP contribution in [0.4, 0.5) is 0 Å². The molecule has 6 nitrogen and oxygen atoms in total. The summed E-state index contributed by atoms with van der Waals surface area (Å²) in [4.78, 5) is 22.6. The molecule has 0 fully saturated rings. The van der Waals surface area contributed by atoms with Crippen LogP contribution in [0, 0.1) is 0 Å². The summed E-state index contributed by atoms with van der Waals surface area (Å²) in [6.07, 6.45) is 3.30. The zero-order chi connectivity index (χ0) is 18.1. The number of nitrogens with zero attached hydrogens (tertiary/aromatic N) is 4. The van der Waals surface area contributed by atoms with Crippen LogP contribution in [0.25, 0.3) is 22.3 Å². The third kappa shape index (κ3) is 3.18. The third-order valence-electron chi connectivity index (χ3n) is 3.98. The predicted molar refractivity (Wildman–Crippen MR) is 102 cm³/mol. The molecule has 0 bridgehead atoms. The SMILES string of the molecule is Cn1ncc2c(C(=O)NCc3cccs3)cc(-c3ccc(Cl)nc3)nc21. The van der Waals surface area contributed by atoms with Gasteiger partial charge in [-0.15, -0.1) is 11.3 Å². The first-order chi connectivity index (χ1) is 12.6. The molecular formula is C18H14ClN5OS. The summed E-state index contributed by atoms with van der Waals surface area (Å²) in [6.45, 7) is 0.485. The molecule has 8 heteroatoms. The van der Waals surface area contributed by atoms with Crippen molar-refractivity contribution in [2.75, 3.05) is 0 Å². The van der Waals surface area contributed by atoms with Crippen LogP contribution in [0.5, 0.6) is 0 Å². The van der Waals surface area contributed by atoms with E-state index in [1.165, 1.54) is 0 Å². The largest absolute Gasteiger partial charge is 0.347 e. The lowest BCUT2D eigenvalue weighted by Crippen LogP contribution is -2.22. The Morgan fingerprint density at radius 2 is 2.19 bits per heavy atom. The highest BCUT2D eigenvalue weighted by atomic mass is 35.5. The number of aryl methyl sites for hydroxylation is 1. The molecule has 1 amide bonds. The molecule has 0 aromatic carbocycles. The van der Waals surface area contributed by atoms with Crippen molar-refractivity contribution in [3.63, 3.8) is 0 Å². The Bertz CT molecular complexity index is 1070. The van der Waals surface area contributed by atoms with E-state index < -0.39 is 0 Å². The van der Waals surface area contributed by atoms with E-state index in [9.17, 15) is 4.79 Å². The Morgan fingerprint density at radius 1 is 1.31 bits per heavy atom. The molecule has 4 rings (SSSR count). The number of fused-ring (bicyclic) bond motifs is 1. The normalized spacial score (nSPS) is 11.0. The number of halogens is 1. The Kier molecular flexibility index (Phi) is 4.40. The van der Waals surface area contributed by atoms with E-state index in [0.29, 0.717) is 34.0 Å². The highest BCUT2D eigenvalue weighted by Gasteiger charge is 2.17. The number of pyridine rings is 2. The molecule has 0 atom stereocenters. The van der Waals surface area contributed by atoms with Gasteiger partial charge in [-0.25, -0.2) is 9.97 Å². The summed E-state index contributed by atoms with van der Waals surface area (Å²) in [6, 6.07) is 9.24. The first-order valence-corrected chi connectivity index (χ1v) is 9.13. The summed E-state index contributed by atoms with van der Waals surface area (Å²) >= 11 is 7.47. The maximum Gasteiger partial charge on any atom is 0.252 e. The number of nitrogens with one attached hydrogen (secondary N) is 1. The molecule has 4 aromatic rings. The second kappa shape index (κ2) is 6.86. The number of thiophene rings is 1. The lowest BCUT2D eigenvalue weighted by atomic mass is 10.1. The van der Waals surface area contributed by atoms with Crippen molar-refractivity contribution in [1.29, 1.82) is 0 Å². The summed E-state index contributed by atoms with van der Waals surface area (Å²) in [5.41, 5.74) is 2.60. The lowest BCUT2D eigenvalue weighted by Gasteiger charge is -2.08. The van der Waals surface area contributed by atoms with Crippen LogP contribution in [0.2, 0.25) is 5.15 Å². The van der Waals surface area contributed by atoms with Gasteiger partial charge in [0.1, 0.15) is 5.15 Å². The molecule has 0 saturated carbocycles. The van der Waals surface area contributed by atoms with Crippen molar-refractivity contribution < 1.29 is 4.79 Å². The number of carbonyl (C=O) groups excluding carboxylic acids is 1. The van der Waals surface area contributed by atoms with Gasteiger partial charge in [-0.3, -0.25) is 9.48 Å². The number of aromatic nitrogens is 4. The highest BCUT2D eigenvalue weighted by Crippen LogP contribution is 2.25. The van der Waals surface area contributed by atoms with Crippen molar-refractivity contribution >= 4 is 39.9 Å². The summed E-state index contributed by atoms with van der Waals surface area (Å²) < 4.78 is 1.65. The van der Waals surface area contributed by atoms with Gasteiger partial charge in [-0.05, 0) is 29.6 Å². The van der Waals surface area contributed by atoms with Gasteiger partial charge in [-0.2, -0.15) is 5.10 Å². The number of hydrogen-bond acceptors (Lipinski definition) is 5. The van der Waals surface area contributed by atoms with Crippen molar-refractivity contribution in [1.82, 2.24) is 25.1 Å². The topological polar surface area (TPSA) is 72.7 Å². The zero-order valence-electron chi connectivity index (χ0n) is 13.8. The van der Waals surface area contributed by atoms with Crippen LogP contribution in [-0.4, -0.2) is 25.7 Å². The maximum atomic E-state index is 12.8. The number of hydrogen-bond donors (Lipinski definition) is 1. The van der Waals surface area contributed by atoms with E-state index in [-0.39, 0.29) is 5.91 Å². The van der Waals surface area contributed by atoms with E-state index in [2.05, 4.69) is 20.4 Å². The smallest absolute Gasteiger partial charge is 0.252 e. The molecule has 4 heterocycles. The average Bonchev–Trinajstić information content (AvgIpc) is 3.30. The fourth-order valence-electron chi connectivity index (χ4n) is 2.65. The van der Waals surface area contributed by atoms with E-state index in [1.54, 1.807) is 47.6 Å². The number of amides is 1. The maximum absolute atomic E-state index is 12.8. The van der Waals surface area contributed by atoms with Gasteiger partial charge in [0, 0.05) is 23.7 Å². The van der Waals surface area contributed by atoms with Crippen LogP contribution in [0.3, 0.4) is 0 Å². The fourth-order valence-corrected chi connectivity index (χ4v) is 3.41. The Morgan fingerprint density at radius 3 is 2.92 bits per heavy atom. The Labute approximate surface area is 158 Å². The number of rotatable bonds is 4. The molecule has 0 aliphatic carbocycles. The molecule has 0 aliphatic rings. The molecule has 130 valence electrons. The van der Waals surface area contributed by atoms with Gasteiger partial charge in [0.05, 0.1) is 29.4 Å². The molecule has 4 aromatic heterocycles.